The van der Waals surface area contributed by atoms with Gasteiger partial charge in [0.05, 0.1) is 47.6 Å². The molecular formula is C54H53N5O16. The van der Waals surface area contributed by atoms with Gasteiger partial charge in [-0.15, -0.1) is 10.2 Å². The van der Waals surface area contributed by atoms with Gasteiger partial charge in [0.2, 0.25) is 11.6 Å². The summed E-state index contributed by atoms with van der Waals surface area (Å²) in [4.78, 5) is 67.9. The Kier molecular flexibility index (Phi) is 14.0. The van der Waals surface area contributed by atoms with Gasteiger partial charge in [-0.25, -0.2) is 0 Å². The zero-order chi connectivity index (χ0) is 53.8. The van der Waals surface area contributed by atoms with E-state index in [-0.39, 0.29) is 74.6 Å². The van der Waals surface area contributed by atoms with Crippen molar-refractivity contribution in [2.45, 2.75) is 89.1 Å². The number of methoxy groups -OCH3 is 1. The Balaban J connectivity index is 0.923. The number of fused-ring (bicyclic) bond motifs is 3. The number of rotatable bonds is 14. The minimum atomic E-state index is -2.39. The van der Waals surface area contributed by atoms with Crippen LogP contribution in [0.15, 0.2) is 78.9 Å². The number of amides is 2. The van der Waals surface area contributed by atoms with Gasteiger partial charge in [-0.3, -0.25) is 28.5 Å². The van der Waals surface area contributed by atoms with Gasteiger partial charge in [0.15, 0.2) is 23.7 Å². The Labute approximate surface area is 427 Å². The lowest BCUT2D eigenvalue weighted by atomic mass is 9.72. The zero-order valence-corrected chi connectivity index (χ0v) is 41.2. The summed E-state index contributed by atoms with van der Waals surface area (Å²) in [5.41, 5.74) is -2.83. The van der Waals surface area contributed by atoms with Crippen molar-refractivity contribution in [2.24, 2.45) is 0 Å². The van der Waals surface area contributed by atoms with Crippen molar-refractivity contribution in [3.63, 3.8) is 0 Å². The monoisotopic (exact) mass is 1030 g/mol. The van der Waals surface area contributed by atoms with E-state index >= 15 is 0 Å². The average Bonchev–Trinajstić information content (AvgIpc) is 3.83. The van der Waals surface area contributed by atoms with Crippen molar-refractivity contribution in [1.29, 1.82) is 0 Å². The summed E-state index contributed by atoms with van der Waals surface area (Å²) in [5.74, 6) is -4.98. The fourth-order valence-corrected chi connectivity index (χ4v) is 9.91. The summed E-state index contributed by atoms with van der Waals surface area (Å²) in [6, 6.07) is 18.7. The first kappa shape index (κ1) is 51.7. The fraction of sp³-hybridized carbons (Fsp3) is 0.315. The third-order valence-corrected chi connectivity index (χ3v) is 13.7. The molecule has 21 heteroatoms. The molecule has 21 nitrogen and oxygen atoms in total. The van der Waals surface area contributed by atoms with E-state index in [1.807, 2.05) is 13.8 Å². The van der Waals surface area contributed by atoms with E-state index in [4.69, 9.17) is 18.9 Å². The van der Waals surface area contributed by atoms with Crippen molar-refractivity contribution in [3.05, 3.63) is 129 Å². The normalized spacial score (nSPS) is 20.9. The number of carbonyl (C=O) groups excluding carboxylic acids is 5. The topological polar surface area (TPSA) is 319 Å². The average molecular weight is 1030 g/mol. The highest BCUT2D eigenvalue weighted by atomic mass is 16.7. The van der Waals surface area contributed by atoms with E-state index < -0.39 is 107 Å². The maximum absolute atomic E-state index is 14.1. The molecule has 3 aliphatic rings. The number of nitrogens with one attached hydrogen (secondary N) is 2. The Morgan fingerprint density at radius 3 is 2.20 bits per heavy atom. The lowest BCUT2D eigenvalue weighted by molar-refractivity contribution is -0.249. The predicted octanol–water partition coefficient (Wildman–Crippen LogP) is 4.80. The molecule has 9 rings (SSSR count). The number of hydrogen-bond donors (Lipinski definition) is 9. The van der Waals surface area contributed by atoms with Crippen LogP contribution in [-0.2, 0) is 20.7 Å². The molecule has 1 aliphatic heterocycles. The quantitative estimate of drug-likeness (QED) is 0.0661. The molecule has 75 heavy (non-hydrogen) atoms. The standard InChI is InChI=1S/C54H53N5O16/c1-6-55-53(70)51-58-57-50(32-18-31(24(2)3)35(61)20-36(32)62)59(51)27-12-16-29(17-13-27)74-28-14-10-26(11-15-28)52(69)56-34-19-40(73-25(4)45(34)64)75-38-22-54(71,39(63)23-60)21-33-42(38)49(68)44-43(47(33)66)46(65)30-8-7-9-37(72-5)41(30)48(44)67/h7-18,20,24-25,34,38,40,45,60-62,64,66,68,71H,6,19,21-23H2,1-5H3,(H,55,70)(H,56,69)/t25?,34?,38?,40?,45?,54-/m0/s1. The number of ether oxygens (including phenoxy) is 4. The Morgan fingerprint density at radius 1 is 0.867 bits per heavy atom. The largest absolute Gasteiger partial charge is 0.508 e. The van der Waals surface area contributed by atoms with Crippen molar-refractivity contribution >= 4 is 29.2 Å². The van der Waals surface area contributed by atoms with Gasteiger partial charge >= 0.3 is 0 Å². The first-order valence-corrected chi connectivity index (χ1v) is 24.0. The number of aromatic hydroxyl groups is 4. The van der Waals surface area contributed by atoms with Crippen LogP contribution in [0.1, 0.15) is 122 Å². The lowest BCUT2D eigenvalue weighted by Crippen LogP contribution is -2.55. The summed E-state index contributed by atoms with van der Waals surface area (Å²) >= 11 is 0. The molecule has 2 heterocycles. The van der Waals surface area contributed by atoms with Crippen LogP contribution >= 0.6 is 0 Å². The smallest absolute Gasteiger partial charge is 0.289 e. The summed E-state index contributed by atoms with van der Waals surface area (Å²) < 4.78 is 25.2. The number of benzene rings is 5. The van der Waals surface area contributed by atoms with Crippen LogP contribution in [0.4, 0.5) is 0 Å². The van der Waals surface area contributed by atoms with Crippen LogP contribution < -0.4 is 20.1 Å². The van der Waals surface area contributed by atoms with Crippen molar-refractivity contribution in [2.75, 3.05) is 20.3 Å². The summed E-state index contributed by atoms with van der Waals surface area (Å²) in [6.45, 7) is 6.24. The second kappa shape index (κ2) is 20.2. The third kappa shape index (κ3) is 9.29. The van der Waals surface area contributed by atoms with Crippen LogP contribution in [0.2, 0.25) is 0 Å². The Bertz CT molecular complexity index is 3280. The van der Waals surface area contributed by atoms with Crippen molar-refractivity contribution < 1.29 is 78.7 Å². The van der Waals surface area contributed by atoms with Crippen molar-refractivity contribution in [3.8, 4) is 57.3 Å². The zero-order valence-electron chi connectivity index (χ0n) is 41.2. The highest BCUT2D eigenvalue weighted by molar-refractivity contribution is 6.31. The van der Waals surface area contributed by atoms with E-state index in [0.29, 0.717) is 29.3 Å². The molecule has 2 amide bonds. The van der Waals surface area contributed by atoms with Gasteiger partial charge in [0, 0.05) is 59.8 Å². The molecular weight excluding hydrogens is 975 g/mol. The summed E-state index contributed by atoms with van der Waals surface area (Å²) in [7, 11) is 1.30. The number of aromatic nitrogens is 3. The number of nitrogens with zero attached hydrogens (tertiary/aromatic N) is 3. The van der Waals surface area contributed by atoms with Gasteiger partial charge < -0.3 is 65.3 Å². The number of phenolic OH excluding ortho intramolecular Hbond substituents is 4. The minimum Gasteiger partial charge on any atom is -0.508 e. The van der Waals surface area contributed by atoms with Gasteiger partial charge in [-0.2, -0.15) is 0 Å². The van der Waals surface area contributed by atoms with Gasteiger partial charge in [-0.05, 0) is 86.0 Å². The Morgan fingerprint density at radius 2 is 1.55 bits per heavy atom. The van der Waals surface area contributed by atoms with Gasteiger partial charge in [0.25, 0.3) is 11.8 Å². The number of Topliss-reactive ketones (excluding diaryl/α,β-unsaturated/α-hetero) is 1. The highest BCUT2D eigenvalue weighted by Crippen LogP contribution is 2.53. The molecule has 0 bridgehead atoms. The van der Waals surface area contributed by atoms with E-state index in [0.717, 1.165) is 0 Å². The van der Waals surface area contributed by atoms with Crippen LogP contribution in [0.5, 0.6) is 40.2 Å². The number of aliphatic hydroxyl groups excluding tert-OH is 2. The molecule has 6 aromatic rings. The first-order valence-electron chi connectivity index (χ1n) is 24.0. The Hall–Kier alpha value is -8.21. The van der Waals surface area contributed by atoms with Crippen LogP contribution in [0.3, 0.4) is 0 Å². The summed E-state index contributed by atoms with van der Waals surface area (Å²) in [6.07, 6.45) is -6.59. The molecule has 1 aromatic heterocycles. The molecule has 5 aromatic carbocycles. The summed E-state index contributed by atoms with van der Waals surface area (Å²) in [5, 5.41) is 91.7. The molecule has 0 radical (unpaired) electrons. The van der Waals surface area contributed by atoms with E-state index in [9.17, 15) is 59.7 Å². The third-order valence-electron chi connectivity index (χ3n) is 13.7. The minimum absolute atomic E-state index is 0.0403. The highest BCUT2D eigenvalue weighted by Gasteiger charge is 2.50. The predicted molar refractivity (Wildman–Crippen MR) is 264 cm³/mol. The number of ketones is 3. The second-order valence-electron chi connectivity index (χ2n) is 18.8. The van der Waals surface area contributed by atoms with Crippen LogP contribution in [-0.4, -0.2) is 130 Å². The number of phenols is 4. The van der Waals surface area contributed by atoms with Crippen LogP contribution in [0.25, 0.3) is 17.1 Å². The van der Waals surface area contributed by atoms with E-state index in [1.54, 1.807) is 49.4 Å². The molecule has 1 saturated heterocycles. The molecule has 5 unspecified atom stereocenters. The second-order valence-corrected chi connectivity index (χ2v) is 18.8. The van der Waals surface area contributed by atoms with Gasteiger partial charge in [0.1, 0.15) is 58.6 Å². The first-order chi connectivity index (χ1) is 35.8. The fourth-order valence-electron chi connectivity index (χ4n) is 9.91. The molecule has 9 N–H and O–H groups in total. The van der Waals surface area contributed by atoms with Gasteiger partial charge in [-0.1, -0.05) is 26.0 Å². The lowest BCUT2D eigenvalue weighted by Gasteiger charge is -2.43. The maximum atomic E-state index is 14.1. The number of hydrogen-bond acceptors (Lipinski definition) is 18. The molecule has 0 saturated carbocycles. The molecule has 6 atom stereocenters. The van der Waals surface area contributed by atoms with Crippen LogP contribution in [0, 0.1) is 0 Å². The van der Waals surface area contributed by atoms with Crippen molar-refractivity contribution in [1.82, 2.24) is 25.4 Å². The molecule has 0 spiro atoms. The molecule has 2 aliphatic carbocycles. The molecule has 390 valence electrons. The number of carbonyl (C=O) groups is 5. The van der Waals surface area contributed by atoms with E-state index in [1.165, 1.54) is 55.0 Å². The molecule has 1 fully saturated rings. The van der Waals surface area contributed by atoms with E-state index in [2.05, 4.69) is 20.8 Å². The SMILES string of the molecule is CCNC(=O)c1nnc(-c2cc(C(C)C)c(O)cc2O)n1-c1ccc(Oc2ccc(C(=O)NC3CC(OC4C[C@](O)(C(=O)CO)Cc5c(O)c6c(c(O)c54)C(=O)c4c(OC)cccc4C6=O)OC(C)C3O)cc2)cc1. The number of aliphatic hydroxyl groups is 3. The maximum Gasteiger partial charge on any atom is 0.289 e.